The van der Waals surface area contributed by atoms with Crippen molar-refractivity contribution in [2.75, 3.05) is 0 Å². The topological polar surface area (TPSA) is 22.1 Å². The lowest BCUT2D eigenvalue weighted by Crippen LogP contribution is -2.11. The molecule has 2 nitrogen and oxygen atoms in total. The Balaban J connectivity index is 2.26. The number of pyridine rings is 1. The van der Waals surface area contributed by atoms with Crippen molar-refractivity contribution in [3.63, 3.8) is 0 Å². The molecule has 0 unspecified atom stereocenters. The molecule has 2 rings (SSSR count). The normalized spacial score (nSPS) is 11.5. The van der Waals surface area contributed by atoms with E-state index in [1.807, 2.05) is 25.1 Å². The van der Waals surface area contributed by atoms with Gasteiger partial charge in [0.15, 0.2) is 0 Å². The molecule has 1 heterocycles. The molecule has 1 aromatic carbocycles. The first-order valence-corrected chi connectivity index (χ1v) is 7.66. The van der Waals surface area contributed by atoms with E-state index in [1.54, 1.807) is 0 Å². The maximum Gasteiger partial charge on any atom is 0.219 e. The van der Waals surface area contributed by atoms with Crippen LogP contribution in [-0.2, 0) is 11.3 Å². The maximum atomic E-state index is 5.90. The zero-order valence-electron chi connectivity index (χ0n) is 13.3. The number of rotatable bonds is 3. The second-order valence-corrected chi connectivity index (χ2v) is 6.63. The Morgan fingerprint density at radius 3 is 2.33 bits per heavy atom. The Morgan fingerprint density at radius 2 is 1.81 bits per heavy atom. The van der Waals surface area contributed by atoms with Crippen LogP contribution < -0.4 is 4.74 Å². The third kappa shape index (κ3) is 3.76. The lowest BCUT2D eigenvalue weighted by Gasteiger charge is -2.20. The van der Waals surface area contributed by atoms with Crippen LogP contribution in [0.3, 0.4) is 0 Å². The van der Waals surface area contributed by atoms with Crippen molar-refractivity contribution in [2.45, 2.75) is 45.9 Å². The highest BCUT2D eigenvalue weighted by Crippen LogP contribution is 2.30. The minimum Gasteiger partial charge on any atom is -0.439 e. The Hall–Kier alpha value is -1.54. The van der Waals surface area contributed by atoms with Gasteiger partial charge in [0.1, 0.15) is 5.75 Å². The molecule has 2 aromatic rings. The highest BCUT2D eigenvalue weighted by molar-refractivity contribution is 6.17. The van der Waals surface area contributed by atoms with E-state index in [9.17, 15) is 0 Å². The molecule has 0 bridgehead atoms. The molecule has 3 heteroatoms. The van der Waals surface area contributed by atoms with Crippen LogP contribution in [0.1, 0.15) is 43.2 Å². The number of nitrogens with zero attached hydrogens (tertiary/aromatic N) is 1. The van der Waals surface area contributed by atoms with Gasteiger partial charge in [-0.25, -0.2) is 4.98 Å². The molecule has 0 aliphatic heterocycles. The van der Waals surface area contributed by atoms with Crippen LogP contribution in [0.5, 0.6) is 11.6 Å². The van der Waals surface area contributed by atoms with E-state index < -0.39 is 0 Å². The lowest BCUT2D eigenvalue weighted by molar-refractivity contribution is 0.457. The summed E-state index contributed by atoms with van der Waals surface area (Å²) in [4.78, 5) is 4.44. The highest BCUT2D eigenvalue weighted by Gasteiger charge is 2.15. The summed E-state index contributed by atoms with van der Waals surface area (Å²) in [6.07, 6.45) is 0. The predicted octanol–water partition coefficient (Wildman–Crippen LogP) is 5.53. The quantitative estimate of drug-likeness (QED) is 0.696. The summed E-state index contributed by atoms with van der Waals surface area (Å²) in [6.45, 7) is 10.6. The molecule has 0 aliphatic rings. The SMILES string of the molecule is Cc1cc(C(C)(C)C)ccc1Oc1ccc(CCl)c(C)n1. The lowest BCUT2D eigenvalue weighted by atomic mass is 9.86. The summed E-state index contributed by atoms with van der Waals surface area (Å²) >= 11 is 5.85. The summed E-state index contributed by atoms with van der Waals surface area (Å²) in [5, 5.41) is 0. The van der Waals surface area contributed by atoms with Gasteiger partial charge in [0.25, 0.3) is 0 Å². The first kappa shape index (κ1) is 15.8. The summed E-state index contributed by atoms with van der Waals surface area (Å²) in [7, 11) is 0. The zero-order chi connectivity index (χ0) is 15.6. The second-order valence-electron chi connectivity index (χ2n) is 6.36. The number of hydrogen-bond donors (Lipinski definition) is 0. The average molecular weight is 304 g/mol. The van der Waals surface area contributed by atoms with E-state index in [4.69, 9.17) is 16.3 Å². The summed E-state index contributed by atoms with van der Waals surface area (Å²) in [5.74, 6) is 1.92. The smallest absolute Gasteiger partial charge is 0.219 e. The molecular formula is C18H22ClNO. The van der Waals surface area contributed by atoms with E-state index in [2.05, 4.69) is 44.8 Å². The number of aryl methyl sites for hydroxylation is 2. The van der Waals surface area contributed by atoms with Gasteiger partial charge >= 0.3 is 0 Å². The van der Waals surface area contributed by atoms with Crippen LogP contribution in [0.25, 0.3) is 0 Å². The van der Waals surface area contributed by atoms with Crippen molar-refractivity contribution >= 4 is 11.6 Å². The zero-order valence-corrected chi connectivity index (χ0v) is 14.1. The maximum absolute atomic E-state index is 5.90. The minimum absolute atomic E-state index is 0.139. The Labute approximate surface area is 132 Å². The van der Waals surface area contributed by atoms with Crippen LogP contribution in [0.4, 0.5) is 0 Å². The van der Waals surface area contributed by atoms with E-state index in [0.717, 1.165) is 22.6 Å². The summed E-state index contributed by atoms with van der Waals surface area (Å²) in [5.41, 5.74) is 4.49. The van der Waals surface area contributed by atoms with Gasteiger partial charge in [0, 0.05) is 17.6 Å². The van der Waals surface area contributed by atoms with Crippen LogP contribution in [0.15, 0.2) is 30.3 Å². The average Bonchev–Trinajstić information content (AvgIpc) is 2.40. The van der Waals surface area contributed by atoms with Crippen LogP contribution in [0, 0.1) is 13.8 Å². The van der Waals surface area contributed by atoms with E-state index >= 15 is 0 Å². The molecule has 0 radical (unpaired) electrons. The fraction of sp³-hybridized carbons (Fsp3) is 0.389. The molecule has 0 spiro atoms. The molecule has 0 N–H and O–H groups in total. The van der Waals surface area contributed by atoms with Gasteiger partial charge in [-0.15, -0.1) is 11.6 Å². The molecule has 0 atom stereocenters. The van der Waals surface area contributed by atoms with Crippen molar-refractivity contribution in [2.24, 2.45) is 0 Å². The fourth-order valence-electron chi connectivity index (χ4n) is 2.11. The van der Waals surface area contributed by atoms with Crippen molar-refractivity contribution < 1.29 is 4.74 Å². The van der Waals surface area contributed by atoms with Crippen LogP contribution in [0.2, 0.25) is 0 Å². The molecular weight excluding hydrogens is 282 g/mol. The number of halogens is 1. The molecule has 0 saturated carbocycles. The molecule has 0 aliphatic carbocycles. The molecule has 1 aromatic heterocycles. The Kier molecular flexibility index (Phi) is 4.58. The molecule has 21 heavy (non-hydrogen) atoms. The fourth-order valence-corrected chi connectivity index (χ4v) is 2.39. The van der Waals surface area contributed by atoms with Gasteiger partial charge < -0.3 is 4.74 Å². The highest BCUT2D eigenvalue weighted by atomic mass is 35.5. The monoisotopic (exact) mass is 303 g/mol. The summed E-state index contributed by atoms with van der Waals surface area (Å²) < 4.78 is 5.90. The van der Waals surface area contributed by atoms with E-state index in [0.29, 0.717) is 11.8 Å². The van der Waals surface area contributed by atoms with Gasteiger partial charge in [-0.2, -0.15) is 0 Å². The Bertz CT molecular complexity index is 644. The number of benzene rings is 1. The van der Waals surface area contributed by atoms with Gasteiger partial charge in [0.2, 0.25) is 5.88 Å². The third-order valence-corrected chi connectivity index (χ3v) is 3.86. The number of alkyl halides is 1. The van der Waals surface area contributed by atoms with Crippen molar-refractivity contribution in [3.8, 4) is 11.6 Å². The van der Waals surface area contributed by atoms with Gasteiger partial charge in [-0.1, -0.05) is 39.0 Å². The third-order valence-electron chi connectivity index (χ3n) is 3.57. The predicted molar refractivity (Wildman–Crippen MR) is 88.5 cm³/mol. The number of aromatic nitrogens is 1. The van der Waals surface area contributed by atoms with E-state index in [1.165, 1.54) is 5.56 Å². The standard InChI is InChI=1S/C18H22ClNO/c1-12-10-15(18(3,4)5)7-8-16(12)21-17-9-6-14(11-19)13(2)20-17/h6-10H,11H2,1-5H3. The number of ether oxygens (including phenoxy) is 1. The molecule has 0 fully saturated rings. The van der Waals surface area contributed by atoms with E-state index in [-0.39, 0.29) is 5.41 Å². The van der Waals surface area contributed by atoms with Crippen molar-refractivity contribution in [1.82, 2.24) is 4.98 Å². The van der Waals surface area contributed by atoms with Gasteiger partial charge in [0.05, 0.1) is 0 Å². The van der Waals surface area contributed by atoms with Crippen molar-refractivity contribution in [3.05, 3.63) is 52.7 Å². The Morgan fingerprint density at radius 1 is 1.10 bits per heavy atom. The van der Waals surface area contributed by atoms with Crippen molar-refractivity contribution in [1.29, 1.82) is 0 Å². The number of hydrogen-bond acceptors (Lipinski definition) is 2. The summed E-state index contributed by atoms with van der Waals surface area (Å²) in [6, 6.07) is 10.1. The first-order chi connectivity index (χ1) is 9.81. The molecule has 112 valence electrons. The second kappa shape index (κ2) is 6.07. The first-order valence-electron chi connectivity index (χ1n) is 7.12. The van der Waals surface area contributed by atoms with Gasteiger partial charge in [-0.3, -0.25) is 0 Å². The molecule has 0 saturated heterocycles. The van der Waals surface area contributed by atoms with Gasteiger partial charge in [-0.05, 0) is 42.0 Å². The van der Waals surface area contributed by atoms with Crippen LogP contribution >= 0.6 is 11.6 Å². The van der Waals surface area contributed by atoms with Crippen LogP contribution in [-0.4, -0.2) is 4.98 Å². The minimum atomic E-state index is 0.139. The molecule has 0 amide bonds. The largest absolute Gasteiger partial charge is 0.439 e.